The van der Waals surface area contributed by atoms with Crippen molar-refractivity contribution in [2.75, 3.05) is 11.4 Å². The van der Waals surface area contributed by atoms with Gasteiger partial charge >= 0.3 is 5.97 Å². The van der Waals surface area contributed by atoms with Crippen molar-refractivity contribution >= 4 is 17.6 Å². The second-order valence-electron chi connectivity index (χ2n) is 4.95. The summed E-state index contributed by atoms with van der Waals surface area (Å²) in [5, 5.41) is 8.70. The molecule has 1 N–H and O–H groups in total. The summed E-state index contributed by atoms with van der Waals surface area (Å²) in [5.74, 6) is -0.544. The van der Waals surface area contributed by atoms with Crippen LogP contribution in [-0.4, -0.2) is 23.5 Å². The molecule has 1 saturated carbocycles. The van der Waals surface area contributed by atoms with E-state index in [2.05, 4.69) is 0 Å². The lowest BCUT2D eigenvalue weighted by Gasteiger charge is -2.31. The summed E-state index contributed by atoms with van der Waals surface area (Å²) >= 11 is 0. The number of amides is 1. The van der Waals surface area contributed by atoms with E-state index in [1.54, 1.807) is 4.90 Å². The highest BCUT2D eigenvalue weighted by Crippen LogP contribution is 2.30. The smallest absolute Gasteiger partial charge is 0.303 e. The Morgan fingerprint density at radius 3 is 2.42 bits per heavy atom. The second-order valence-corrected chi connectivity index (χ2v) is 4.95. The van der Waals surface area contributed by atoms with Gasteiger partial charge in [-0.25, -0.2) is 0 Å². The monoisotopic (exact) mass is 261 g/mol. The summed E-state index contributed by atoms with van der Waals surface area (Å²) in [5.41, 5.74) is 0.866. The minimum absolute atomic E-state index is 0.0985. The highest BCUT2D eigenvalue weighted by atomic mass is 16.4. The van der Waals surface area contributed by atoms with Crippen molar-refractivity contribution < 1.29 is 14.7 Å². The van der Waals surface area contributed by atoms with Gasteiger partial charge in [-0.1, -0.05) is 24.6 Å². The topological polar surface area (TPSA) is 57.6 Å². The molecular weight excluding hydrogens is 242 g/mol. The van der Waals surface area contributed by atoms with Gasteiger partial charge in [0.05, 0.1) is 0 Å². The first-order chi connectivity index (χ1) is 9.18. The number of benzene rings is 1. The number of carboxylic acids is 1. The van der Waals surface area contributed by atoms with Crippen LogP contribution in [0.15, 0.2) is 30.3 Å². The molecule has 0 heterocycles. The Hall–Kier alpha value is -1.84. The maximum absolute atomic E-state index is 12.4. The molecule has 1 aliphatic rings. The first-order valence-corrected chi connectivity index (χ1v) is 6.76. The Bertz CT molecular complexity index is 440. The number of hydrogen-bond donors (Lipinski definition) is 1. The number of carboxylic acid groups (broad SMARTS) is 1. The molecule has 4 heteroatoms. The summed E-state index contributed by atoms with van der Waals surface area (Å²) in [6, 6.07) is 9.50. The Labute approximate surface area is 113 Å². The van der Waals surface area contributed by atoms with Crippen molar-refractivity contribution in [1.29, 1.82) is 0 Å². The minimum Gasteiger partial charge on any atom is -0.481 e. The molecule has 1 amide bonds. The van der Waals surface area contributed by atoms with Gasteiger partial charge in [-0.3, -0.25) is 9.59 Å². The highest BCUT2D eigenvalue weighted by Gasteiger charge is 2.29. The van der Waals surface area contributed by atoms with Crippen molar-refractivity contribution in [3.8, 4) is 0 Å². The quantitative estimate of drug-likeness (QED) is 0.856. The highest BCUT2D eigenvalue weighted by molar-refractivity contribution is 5.95. The number of aliphatic carboxylic acids is 1. The van der Waals surface area contributed by atoms with Crippen LogP contribution in [0.25, 0.3) is 0 Å². The van der Waals surface area contributed by atoms with Gasteiger partial charge in [0.25, 0.3) is 0 Å². The average Bonchev–Trinajstić information content (AvgIpc) is 2.33. The van der Waals surface area contributed by atoms with Gasteiger partial charge in [0.15, 0.2) is 0 Å². The van der Waals surface area contributed by atoms with Crippen LogP contribution in [-0.2, 0) is 9.59 Å². The first kappa shape index (κ1) is 13.6. The zero-order valence-corrected chi connectivity index (χ0v) is 10.9. The van der Waals surface area contributed by atoms with Crippen LogP contribution in [0.4, 0.5) is 5.69 Å². The molecule has 1 aromatic rings. The lowest BCUT2D eigenvalue weighted by atomic mass is 9.84. The van der Waals surface area contributed by atoms with E-state index >= 15 is 0 Å². The Kier molecular flexibility index (Phi) is 4.55. The Balaban J connectivity index is 2.04. The standard InChI is InChI=1S/C15H19NO3/c17-14(18)10-5-11-16(13-8-2-1-3-9-13)15(19)12-6-4-7-12/h1-3,8-9,12H,4-7,10-11H2,(H,17,18). The molecule has 0 atom stereocenters. The Morgan fingerprint density at radius 1 is 1.21 bits per heavy atom. The maximum atomic E-state index is 12.4. The van der Waals surface area contributed by atoms with Crippen LogP contribution in [0.5, 0.6) is 0 Å². The van der Waals surface area contributed by atoms with Gasteiger partial charge < -0.3 is 10.0 Å². The third-order valence-electron chi connectivity index (χ3n) is 3.56. The lowest BCUT2D eigenvalue weighted by molar-refractivity contribution is -0.137. The molecule has 19 heavy (non-hydrogen) atoms. The van der Waals surface area contributed by atoms with Crippen molar-refractivity contribution in [1.82, 2.24) is 0 Å². The molecule has 0 unspecified atom stereocenters. The normalized spacial score (nSPS) is 14.7. The second kappa shape index (κ2) is 6.36. The van der Waals surface area contributed by atoms with E-state index in [1.165, 1.54) is 0 Å². The third kappa shape index (κ3) is 3.56. The molecule has 102 valence electrons. The molecule has 0 bridgehead atoms. The molecule has 0 spiro atoms. The largest absolute Gasteiger partial charge is 0.481 e. The van der Waals surface area contributed by atoms with E-state index < -0.39 is 5.97 Å². The summed E-state index contributed by atoms with van der Waals surface area (Å²) in [7, 11) is 0. The Morgan fingerprint density at radius 2 is 1.89 bits per heavy atom. The first-order valence-electron chi connectivity index (χ1n) is 6.76. The van der Waals surface area contributed by atoms with Crippen molar-refractivity contribution in [3.05, 3.63) is 30.3 Å². The number of rotatable bonds is 6. The van der Waals surface area contributed by atoms with Crippen LogP contribution in [0.2, 0.25) is 0 Å². The molecule has 0 aromatic heterocycles. The van der Waals surface area contributed by atoms with Gasteiger partial charge in [0, 0.05) is 24.6 Å². The number of hydrogen-bond acceptors (Lipinski definition) is 2. The molecular formula is C15H19NO3. The van der Waals surface area contributed by atoms with E-state index in [1.807, 2.05) is 30.3 Å². The summed E-state index contributed by atoms with van der Waals surface area (Å²) < 4.78 is 0. The molecule has 1 fully saturated rings. The molecule has 0 radical (unpaired) electrons. The fourth-order valence-corrected chi connectivity index (χ4v) is 2.24. The maximum Gasteiger partial charge on any atom is 0.303 e. The number of carbonyl (C=O) groups excluding carboxylic acids is 1. The number of carbonyl (C=O) groups is 2. The summed E-state index contributed by atoms with van der Waals surface area (Å²) in [6.07, 6.45) is 3.63. The SMILES string of the molecule is O=C(O)CCCN(C(=O)C1CCC1)c1ccccc1. The third-order valence-corrected chi connectivity index (χ3v) is 3.56. The average molecular weight is 261 g/mol. The van der Waals surface area contributed by atoms with Crippen molar-refractivity contribution in [3.63, 3.8) is 0 Å². The van der Waals surface area contributed by atoms with Crippen LogP contribution in [0.3, 0.4) is 0 Å². The molecule has 4 nitrogen and oxygen atoms in total. The summed E-state index contributed by atoms with van der Waals surface area (Å²) in [6.45, 7) is 0.478. The predicted octanol–water partition coefficient (Wildman–Crippen LogP) is 2.68. The van der Waals surface area contributed by atoms with Crippen LogP contribution in [0.1, 0.15) is 32.1 Å². The molecule has 1 aliphatic carbocycles. The number of para-hydroxylation sites is 1. The lowest BCUT2D eigenvalue weighted by Crippen LogP contribution is -2.39. The van der Waals surface area contributed by atoms with E-state index in [0.717, 1.165) is 24.9 Å². The molecule has 1 aromatic carbocycles. The van der Waals surface area contributed by atoms with Crippen LogP contribution in [0, 0.1) is 5.92 Å². The van der Waals surface area contributed by atoms with Crippen molar-refractivity contribution in [2.45, 2.75) is 32.1 Å². The van der Waals surface area contributed by atoms with Gasteiger partial charge in [0.2, 0.25) is 5.91 Å². The van der Waals surface area contributed by atoms with Crippen LogP contribution < -0.4 is 4.90 Å². The number of anilines is 1. The van der Waals surface area contributed by atoms with Crippen molar-refractivity contribution in [2.24, 2.45) is 5.92 Å². The van der Waals surface area contributed by atoms with Gasteiger partial charge in [0.1, 0.15) is 0 Å². The molecule has 0 saturated heterocycles. The molecule has 0 aliphatic heterocycles. The fourth-order valence-electron chi connectivity index (χ4n) is 2.24. The molecule has 2 rings (SSSR count). The zero-order chi connectivity index (χ0) is 13.7. The van der Waals surface area contributed by atoms with E-state index in [9.17, 15) is 9.59 Å². The van der Waals surface area contributed by atoms with E-state index in [0.29, 0.717) is 13.0 Å². The predicted molar refractivity (Wildman–Crippen MR) is 73.0 cm³/mol. The fraction of sp³-hybridized carbons (Fsp3) is 0.467. The van der Waals surface area contributed by atoms with Gasteiger partial charge in [-0.05, 0) is 31.4 Å². The number of nitrogens with zero attached hydrogens (tertiary/aromatic N) is 1. The van der Waals surface area contributed by atoms with E-state index in [4.69, 9.17) is 5.11 Å². The zero-order valence-electron chi connectivity index (χ0n) is 10.9. The summed E-state index contributed by atoms with van der Waals surface area (Å²) in [4.78, 5) is 24.7. The van der Waals surface area contributed by atoms with Gasteiger partial charge in [-0.2, -0.15) is 0 Å². The van der Waals surface area contributed by atoms with E-state index in [-0.39, 0.29) is 18.2 Å². The van der Waals surface area contributed by atoms with Crippen LogP contribution >= 0.6 is 0 Å². The minimum atomic E-state index is -0.816. The van der Waals surface area contributed by atoms with Gasteiger partial charge in [-0.15, -0.1) is 0 Å².